The molecule has 0 amide bonds. The highest BCUT2D eigenvalue weighted by Crippen LogP contribution is 2.38. The molecular formula is C10H18N2O5S. The average molecular weight is 278 g/mol. The lowest BCUT2D eigenvalue weighted by Crippen LogP contribution is -2.52. The number of ether oxygens (including phenoxy) is 3. The van der Waals surface area contributed by atoms with E-state index < -0.39 is 36.4 Å². The van der Waals surface area contributed by atoms with E-state index in [1.807, 2.05) is 0 Å². The molecule has 0 aliphatic carbocycles. The fraction of sp³-hybridized carbons (Fsp3) is 0.900. The van der Waals surface area contributed by atoms with Gasteiger partial charge in [0.25, 0.3) is 0 Å². The number of nitrogens with two attached hydrogens (primary N) is 1. The Morgan fingerprint density at radius 1 is 1.50 bits per heavy atom. The van der Waals surface area contributed by atoms with Crippen molar-refractivity contribution >= 4 is 17.3 Å². The van der Waals surface area contributed by atoms with E-state index in [4.69, 9.17) is 32.2 Å². The second kappa shape index (κ2) is 4.87. The van der Waals surface area contributed by atoms with Crippen LogP contribution in [-0.4, -0.2) is 58.4 Å². The minimum Gasteiger partial charge on any atom is -0.394 e. The zero-order valence-electron chi connectivity index (χ0n) is 10.2. The second-order valence-electron chi connectivity index (χ2n) is 4.86. The molecule has 8 heteroatoms. The fourth-order valence-corrected chi connectivity index (χ4v) is 2.41. The molecule has 0 bridgehead atoms. The number of fused-ring (bicyclic) bond motifs is 1. The van der Waals surface area contributed by atoms with Crippen LogP contribution in [0.1, 0.15) is 13.8 Å². The third-order valence-electron chi connectivity index (χ3n) is 2.97. The largest absolute Gasteiger partial charge is 0.394 e. The van der Waals surface area contributed by atoms with Crippen LogP contribution in [0.15, 0.2) is 0 Å². The summed E-state index contributed by atoms with van der Waals surface area (Å²) in [4.78, 5) is 0. The molecule has 2 fully saturated rings. The van der Waals surface area contributed by atoms with E-state index in [9.17, 15) is 10.2 Å². The van der Waals surface area contributed by atoms with Gasteiger partial charge in [0.2, 0.25) is 0 Å². The van der Waals surface area contributed by atoms with Crippen molar-refractivity contribution in [2.24, 2.45) is 5.73 Å². The quantitative estimate of drug-likeness (QED) is 0.458. The van der Waals surface area contributed by atoms with Crippen LogP contribution < -0.4 is 11.1 Å². The molecule has 0 radical (unpaired) electrons. The van der Waals surface area contributed by atoms with E-state index >= 15 is 0 Å². The molecule has 0 aromatic heterocycles. The first kappa shape index (κ1) is 13.9. The van der Waals surface area contributed by atoms with Crippen molar-refractivity contribution in [3.8, 4) is 0 Å². The number of thiocarbonyl (C=S) groups is 1. The van der Waals surface area contributed by atoms with Crippen molar-refractivity contribution in [1.29, 1.82) is 0 Å². The molecule has 0 unspecified atom stereocenters. The number of rotatable bonds is 3. The molecule has 0 saturated carbocycles. The lowest BCUT2D eigenvalue weighted by Gasteiger charge is -2.28. The zero-order chi connectivity index (χ0) is 13.5. The Morgan fingerprint density at radius 2 is 2.17 bits per heavy atom. The molecule has 0 aromatic carbocycles. The minimum absolute atomic E-state index is 0.0316. The maximum absolute atomic E-state index is 10.1. The normalized spacial score (nSPS) is 39.3. The summed E-state index contributed by atoms with van der Waals surface area (Å²) in [6.07, 6.45) is -2.84. The van der Waals surface area contributed by atoms with Gasteiger partial charge in [-0.05, 0) is 26.1 Å². The van der Waals surface area contributed by atoms with Gasteiger partial charge >= 0.3 is 0 Å². The zero-order valence-corrected chi connectivity index (χ0v) is 11.0. The lowest BCUT2D eigenvalue weighted by atomic mass is 10.0. The number of aliphatic hydroxyl groups excluding tert-OH is 2. The number of hydrogen-bond donors (Lipinski definition) is 4. The van der Waals surface area contributed by atoms with E-state index in [1.165, 1.54) is 0 Å². The van der Waals surface area contributed by atoms with Gasteiger partial charge < -0.3 is 35.5 Å². The smallest absolute Gasteiger partial charge is 0.190 e. The third kappa shape index (κ3) is 2.58. The van der Waals surface area contributed by atoms with E-state index in [0.29, 0.717) is 0 Å². The molecule has 5 atom stereocenters. The summed E-state index contributed by atoms with van der Waals surface area (Å²) in [6.45, 7) is 3.21. The molecule has 2 aliphatic rings. The summed E-state index contributed by atoms with van der Waals surface area (Å²) in [6, 6.07) is -0.599. The van der Waals surface area contributed by atoms with Crippen LogP contribution in [0.25, 0.3) is 0 Å². The molecule has 0 spiro atoms. The number of aliphatic hydroxyl groups is 2. The minimum atomic E-state index is -0.921. The Balaban J connectivity index is 2.04. The average Bonchev–Trinajstić information content (AvgIpc) is 2.70. The molecule has 0 aromatic rings. The molecule has 7 nitrogen and oxygen atoms in total. The van der Waals surface area contributed by atoms with Crippen LogP contribution in [-0.2, 0) is 14.2 Å². The molecule has 18 heavy (non-hydrogen) atoms. The Labute approximate surface area is 110 Å². The summed E-state index contributed by atoms with van der Waals surface area (Å²) in [5, 5.41) is 22.1. The van der Waals surface area contributed by atoms with Gasteiger partial charge in [0.05, 0.1) is 12.6 Å². The van der Waals surface area contributed by atoms with Crippen LogP contribution in [0.3, 0.4) is 0 Å². The highest BCUT2D eigenvalue weighted by atomic mass is 32.1. The Hall–Kier alpha value is -0.510. The van der Waals surface area contributed by atoms with Crippen LogP contribution in [0.2, 0.25) is 0 Å². The standard InChI is InChI=1S/C10H18N2O5S/c1-10(2)16-7-5(14)6(15-8(7)17-10)4(3-13)12-9(11)18/h4-8,13-14H,3H2,1-2H3,(H3,11,12,18)/t4-,5-,6+,7+,8+/m0/s1. The first-order valence-electron chi connectivity index (χ1n) is 5.70. The van der Waals surface area contributed by atoms with Gasteiger partial charge in [0.15, 0.2) is 17.2 Å². The van der Waals surface area contributed by atoms with Crippen molar-refractivity contribution in [2.45, 2.75) is 50.3 Å². The highest BCUT2D eigenvalue weighted by molar-refractivity contribution is 7.80. The van der Waals surface area contributed by atoms with E-state index in [-0.39, 0.29) is 11.7 Å². The van der Waals surface area contributed by atoms with E-state index in [2.05, 4.69) is 5.32 Å². The van der Waals surface area contributed by atoms with Gasteiger partial charge in [-0.25, -0.2) is 0 Å². The topological polar surface area (TPSA) is 106 Å². The predicted octanol–water partition coefficient (Wildman–Crippen LogP) is -1.58. The number of hydrogen-bond acceptors (Lipinski definition) is 6. The predicted molar refractivity (Wildman–Crippen MR) is 65.5 cm³/mol. The summed E-state index contributed by atoms with van der Waals surface area (Å²) in [5.74, 6) is -0.785. The Bertz CT molecular complexity index is 340. The van der Waals surface area contributed by atoms with Gasteiger partial charge in [-0.1, -0.05) is 0 Å². The van der Waals surface area contributed by atoms with Gasteiger partial charge in [0.1, 0.15) is 18.3 Å². The summed E-state index contributed by atoms with van der Waals surface area (Å²) < 4.78 is 16.6. The second-order valence-corrected chi connectivity index (χ2v) is 5.30. The maximum Gasteiger partial charge on any atom is 0.190 e. The first-order chi connectivity index (χ1) is 8.34. The van der Waals surface area contributed by atoms with Crippen molar-refractivity contribution in [3.63, 3.8) is 0 Å². The molecule has 2 heterocycles. The van der Waals surface area contributed by atoms with Crippen molar-refractivity contribution in [3.05, 3.63) is 0 Å². The van der Waals surface area contributed by atoms with Crippen LogP contribution in [0.4, 0.5) is 0 Å². The van der Waals surface area contributed by atoms with Crippen molar-refractivity contribution in [2.75, 3.05) is 6.61 Å². The van der Waals surface area contributed by atoms with Gasteiger partial charge in [-0.3, -0.25) is 0 Å². The van der Waals surface area contributed by atoms with Crippen LogP contribution in [0.5, 0.6) is 0 Å². The Kier molecular flexibility index (Phi) is 3.77. The maximum atomic E-state index is 10.1. The van der Waals surface area contributed by atoms with Crippen molar-refractivity contribution in [1.82, 2.24) is 5.32 Å². The number of nitrogens with one attached hydrogen (secondary N) is 1. The van der Waals surface area contributed by atoms with Gasteiger partial charge in [0, 0.05) is 0 Å². The Morgan fingerprint density at radius 3 is 2.67 bits per heavy atom. The molecule has 2 rings (SSSR count). The summed E-state index contributed by atoms with van der Waals surface area (Å²) in [7, 11) is 0. The first-order valence-corrected chi connectivity index (χ1v) is 6.11. The molecule has 2 saturated heterocycles. The highest BCUT2D eigenvalue weighted by Gasteiger charge is 2.55. The van der Waals surface area contributed by atoms with Gasteiger partial charge in [-0.2, -0.15) is 0 Å². The SMILES string of the molecule is CC1(C)O[C@H]2O[C@H]([C@H](CO)NC(N)=S)[C@H](O)[C@H]2O1. The summed E-state index contributed by atoms with van der Waals surface area (Å²) in [5.41, 5.74) is 5.35. The summed E-state index contributed by atoms with van der Waals surface area (Å²) >= 11 is 4.71. The van der Waals surface area contributed by atoms with Crippen LogP contribution >= 0.6 is 12.2 Å². The third-order valence-corrected chi connectivity index (χ3v) is 3.09. The fourth-order valence-electron chi connectivity index (χ4n) is 2.26. The monoisotopic (exact) mass is 278 g/mol. The lowest BCUT2D eigenvalue weighted by molar-refractivity contribution is -0.218. The molecular weight excluding hydrogens is 260 g/mol. The van der Waals surface area contributed by atoms with Gasteiger partial charge in [-0.15, -0.1) is 0 Å². The van der Waals surface area contributed by atoms with E-state index in [1.54, 1.807) is 13.8 Å². The van der Waals surface area contributed by atoms with Crippen molar-refractivity contribution < 1.29 is 24.4 Å². The molecule has 104 valence electrons. The van der Waals surface area contributed by atoms with E-state index in [0.717, 1.165) is 0 Å². The molecule has 5 N–H and O–H groups in total. The van der Waals surface area contributed by atoms with Crippen LogP contribution in [0, 0.1) is 0 Å². The molecule has 2 aliphatic heterocycles.